The molecule has 0 radical (unpaired) electrons. The normalized spacial score (nSPS) is 11.6. The van der Waals surface area contributed by atoms with Gasteiger partial charge in [-0.05, 0) is 11.1 Å². The molecule has 3 aromatic carbocycles. The molecule has 212 valence electrons. The van der Waals surface area contributed by atoms with Crippen molar-refractivity contribution < 1.29 is 71.8 Å². The average Bonchev–Trinajstić information content (AvgIpc) is 2.88. The van der Waals surface area contributed by atoms with Crippen molar-refractivity contribution in [2.45, 2.75) is 23.0 Å². The maximum atomic E-state index is 14.2. The van der Waals surface area contributed by atoms with Gasteiger partial charge >= 0.3 is 10.1 Å². The van der Waals surface area contributed by atoms with Gasteiger partial charge in [-0.25, -0.2) is 22.4 Å². The van der Waals surface area contributed by atoms with Crippen LogP contribution in [0.1, 0.15) is 11.1 Å². The molecule has 1 N–H and O–H groups in total. The fourth-order valence-corrected chi connectivity index (χ4v) is 3.96. The minimum atomic E-state index is -5.64. The largest absolute Gasteiger partial charge is 0.483 e. The molecular formula is C21H12F8O8S2. The van der Waals surface area contributed by atoms with Gasteiger partial charge in [-0.3, -0.25) is 4.55 Å². The quantitative estimate of drug-likeness (QED) is 0.0557. The molecule has 0 unspecified atom stereocenters. The number of hydrogen-bond acceptors (Lipinski definition) is 8. The van der Waals surface area contributed by atoms with E-state index in [1.54, 1.807) is 0 Å². The molecule has 3 rings (SSSR count). The molecule has 18 heteroatoms. The Bertz CT molecular complexity index is 1430. The maximum Gasteiger partial charge on any atom is 0.300 e. The first-order valence-electron chi connectivity index (χ1n) is 9.86. The van der Waals surface area contributed by atoms with Gasteiger partial charge in [0.05, 0.1) is 19.2 Å². The zero-order valence-corrected chi connectivity index (χ0v) is 20.5. The summed E-state index contributed by atoms with van der Waals surface area (Å²) in [6.45, 7) is -1.34. The van der Waals surface area contributed by atoms with Crippen LogP contribution in [0.4, 0.5) is 35.1 Å². The molecule has 0 atom stereocenters. The van der Waals surface area contributed by atoms with Crippen molar-refractivity contribution in [2.75, 3.05) is 7.11 Å². The number of rotatable bonds is 11. The van der Waals surface area contributed by atoms with Gasteiger partial charge in [0.2, 0.25) is 23.3 Å². The average molecular weight is 608 g/mol. The van der Waals surface area contributed by atoms with Crippen molar-refractivity contribution in [3.05, 3.63) is 81.9 Å². The minimum absolute atomic E-state index is 0.117. The van der Waals surface area contributed by atoms with Crippen LogP contribution < -0.4 is 9.47 Å². The number of halogens is 8. The summed E-state index contributed by atoms with van der Waals surface area (Å²) in [4.78, 5) is 0.541. The Labute approximate surface area is 217 Å². The molecule has 0 aromatic heterocycles. The second-order valence-corrected chi connectivity index (χ2v) is 9.15. The van der Waals surface area contributed by atoms with Crippen LogP contribution in [0.2, 0.25) is 0 Å². The van der Waals surface area contributed by atoms with E-state index >= 15 is 0 Å². The van der Waals surface area contributed by atoms with Crippen LogP contribution in [0.25, 0.3) is 0 Å². The lowest BCUT2D eigenvalue weighted by Crippen LogP contribution is -2.12. The highest BCUT2D eigenvalue weighted by Gasteiger charge is 2.33. The smallest absolute Gasteiger partial charge is 0.300 e. The number of benzene rings is 3. The standard InChI is InChI=1S/C21H12F8O8S2/c1-33-36-37-38-20-14(26)10(22)18(11(23)15(20)27)34-6-8-2-4-9(5-3-8)7-35-19-12(24)16(28)21(39(30,31)32)17(29)13(19)25/h2-5H,6-7H2,1H3,(H,30,31,32). The molecule has 0 aliphatic heterocycles. The Hall–Kier alpha value is -3.16. The van der Waals surface area contributed by atoms with Crippen molar-refractivity contribution in [3.63, 3.8) is 0 Å². The third kappa shape index (κ3) is 6.53. The first-order valence-corrected chi connectivity index (χ1v) is 12.0. The summed E-state index contributed by atoms with van der Waals surface area (Å²) in [5.41, 5.74) is 0.284. The van der Waals surface area contributed by atoms with E-state index in [0.717, 1.165) is 7.11 Å². The molecule has 0 aliphatic carbocycles. The van der Waals surface area contributed by atoms with E-state index in [1.165, 1.54) is 24.3 Å². The third-order valence-electron chi connectivity index (χ3n) is 4.63. The molecule has 0 fully saturated rings. The van der Waals surface area contributed by atoms with Gasteiger partial charge in [0.1, 0.15) is 18.1 Å². The highest BCUT2D eigenvalue weighted by molar-refractivity contribution is 7.94. The monoisotopic (exact) mass is 608 g/mol. The van der Waals surface area contributed by atoms with Crippen LogP contribution >= 0.6 is 12.0 Å². The zero-order chi connectivity index (χ0) is 29.1. The predicted octanol–water partition coefficient (Wildman–Crippen LogP) is 5.72. The second kappa shape index (κ2) is 12.3. The van der Waals surface area contributed by atoms with E-state index in [-0.39, 0.29) is 23.2 Å². The molecule has 0 spiro atoms. The van der Waals surface area contributed by atoms with Gasteiger partial charge < -0.3 is 9.47 Å². The molecule has 8 nitrogen and oxygen atoms in total. The Kier molecular flexibility index (Phi) is 9.62. The van der Waals surface area contributed by atoms with E-state index in [4.69, 9.17) is 14.0 Å². The van der Waals surface area contributed by atoms with E-state index in [1.807, 2.05) is 0 Å². The van der Waals surface area contributed by atoms with Crippen molar-refractivity contribution >= 4 is 22.2 Å². The first kappa shape index (κ1) is 30.4. The lowest BCUT2D eigenvalue weighted by molar-refractivity contribution is -0.447. The Balaban J connectivity index is 1.72. The van der Waals surface area contributed by atoms with Crippen molar-refractivity contribution in [3.8, 4) is 11.5 Å². The Morgan fingerprint density at radius 2 is 1.08 bits per heavy atom. The molecule has 39 heavy (non-hydrogen) atoms. The van der Waals surface area contributed by atoms with E-state index in [0.29, 0.717) is 0 Å². The topological polar surface area (TPSA) is 101 Å². The molecule has 0 aliphatic rings. The second-order valence-electron chi connectivity index (χ2n) is 7.08. The summed E-state index contributed by atoms with van der Waals surface area (Å²) in [6.07, 6.45) is 0. The third-order valence-corrected chi connectivity index (χ3v) is 6.15. The summed E-state index contributed by atoms with van der Waals surface area (Å²) in [5.74, 6) is -19.7. The van der Waals surface area contributed by atoms with Crippen LogP contribution in [0.5, 0.6) is 11.5 Å². The van der Waals surface area contributed by atoms with Crippen LogP contribution in [0.15, 0.2) is 34.1 Å². The highest BCUT2D eigenvalue weighted by Crippen LogP contribution is 2.36. The lowest BCUT2D eigenvalue weighted by Gasteiger charge is -2.13. The maximum absolute atomic E-state index is 14.2. The molecule has 3 aromatic rings. The summed E-state index contributed by atoms with van der Waals surface area (Å²) < 4.78 is 157. The minimum Gasteiger partial charge on any atom is -0.483 e. The molecular weight excluding hydrogens is 596 g/mol. The van der Waals surface area contributed by atoms with Gasteiger partial charge in [0, 0.05) is 0 Å². The number of hydrogen-bond donors (Lipinski definition) is 1. The Morgan fingerprint density at radius 1 is 0.692 bits per heavy atom. The van der Waals surface area contributed by atoms with Crippen LogP contribution in [0.3, 0.4) is 0 Å². The van der Waals surface area contributed by atoms with E-state index < -0.39 is 91.2 Å². The lowest BCUT2D eigenvalue weighted by atomic mass is 10.1. The zero-order valence-electron chi connectivity index (χ0n) is 18.9. The predicted molar refractivity (Wildman–Crippen MR) is 113 cm³/mol. The van der Waals surface area contributed by atoms with Crippen LogP contribution in [-0.4, -0.2) is 20.1 Å². The highest BCUT2D eigenvalue weighted by atomic mass is 32.2. The van der Waals surface area contributed by atoms with Crippen LogP contribution in [-0.2, 0) is 37.6 Å². The molecule has 0 saturated carbocycles. The van der Waals surface area contributed by atoms with Gasteiger partial charge in [-0.1, -0.05) is 29.3 Å². The molecule has 0 bridgehead atoms. The summed E-state index contributed by atoms with van der Waals surface area (Å²) in [7, 11) is -4.66. The van der Waals surface area contributed by atoms with Crippen molar-refractivity contribution in [2.24, 2.45) is 0 Å². The van der Waals surface area contributed by atoms with Gasteiger partial charge in [-0.2, -0.15) is 26.0 Å². The molecule has 0 heterocycles. The van der Waals surface area contributed by atoms with Gasteiger partial charge in [-0.15, -0.1) is 4.33 Å². The van der Waals surface area contributed by atoms with E-state index in [9.17, 15) is 43.5 Å². The Morgan fingerprint density at radius 3 is 1.44 bits per heavy atom. The first-order chi connectivity index (χ1) is 18.3. The molecule has 0 saturated heterocycles. The van der Waals surface area contributed by atoms with Gasteiger partial charge in [0.25, 0.3) is 0 Å². The fourth-order valence-electron chi connectivity index (χ4n) is 2.85. The van der Waals surface area contributed by atoms with Gasteiger partial charge in [0.15, 0.2) is 39.7 Å². The van der Waals surface area contributed by atoms with E-state index in [2.05, 4.69) is 14.3 Å². The fraction of sp³-hybridized carbons (Fsp3) is 0.143. The van der Waals surface area contributed by atoms with Crippen molar-refractivity contribution in [1.82, 2.24) is 0 Å². The van der Waals surface area contributed by atoms with Crippen LogP contribution in [0, 0.1) is 46.5 Å². The summed E-state index contributed by atoms with van der Waals surface area (Å²) in [5, 5.41) is 3.90. The SMILES string of the molecule is COOOSc1c(F)c(F)c(OCc2ccc(COc3c(F)c(F)c(S(=O)(=O)O)c(F)c3F)cc2)c(F)c1F. The van der Waals surface area contributed by atoms with Crippen molar-refractivity contribution in [1.29, 1.82) is 0 Å². The number of ether oxygens (including phenoxy) is 2. The summed E-state index contributed by atoms with van der Waals surface area (Å²) in [6, 6.07) is 4.90. The molecule has 0 amide bonds. The summed E-state index contributed by atoms with van der Waals surface area (Å²) >= 11 is -0.212.